The molecule has 1 aromatic heterocycles. The average molecular weight is 273 g/mol. The first-order valence-corrected chi connectivity index (χ1v) is 6.60. The van der Waals surface area contributed by atoms with Gasteiger partial charge in [0.1, 0.15) is 0 Å². The number of nitriles is 1. The van der Waals surface area contributed by atoms with Gasteiger partial charge in [-0.15, -0.1) is 0 Å². The number of rotatable bonds is 2. The minimum Gasteiger partial charge on any atom is -0.237 e. The van der Waals surface area contributed by atoms with Gasteiger partial charge < -0.3 is 0 Å². The van der Waals surface area contributed by atoms with Gasteiger partial charge in [-0.3, -0.25) is 0 Å². The van der Waals surface area contributed by atoms with E-state index < -0.39 is 11.6 Å². The van der Waals surface area contributed by atoms with Crippen molar-refractivity contribution in [2.24, 2.45) is 0 Å². The molecule has 2 aromatic rings. The summed E-state index contributed by atoms with van der Waals surface area (Å²) in [5, 5.41) is 13.2. The summed E-state index contributed by atoms with van der Waals surface area (Å²) in [6.45, 7) is 0. The van der Waals surface area contributed by atoms with E-state index in [1.807, 2.05) is 0 Å². The predicted octanol–water partition coefficient (Wildman–Crippen LogP) is 3.48. The molecule has 0 amide bonds. The zero-order chi connectivity index (χ0) is 14.1. The van der Waals surface area contributed by atoms with Crippen LogP contribution in [0.2, 0.25) is 0 Å². The summed E-state index contributed by atoms with van der Waals surface area (Å²) in [7, 11) is 0. The van der Waals surface area contributed by atoms with Crippen molar-refractivity contribution in [1.29, 1.82) is 5.26 Å². The number of hydrogen-bond acceptors (Lipinski definition) is 2. The standard InChI is InChI=1S/C15H13F2N3/c16-13-5-4-11(8-14(13)17)20-15-3-1-2-10(6-7-18)12(15)9-19-20/h4-5,8-10H,1-3,6H2. The van der Waals surface area contributed by atoms with E-state index in [4.69, 9.17) is 5.26 Å². The summed E-state index contributed by atoms with van der Waals surface area (Å²) in [6.07, 6.45) is 5.02. The third-order valence-corrected chi connectivity index (χ3v) is 3.79. The molecule has 3 rings (SSSR count). The van der Waals surface area contributed by atoms with Crippen molar-refractivity contribution in [3.8, 4) is 11.8 Å². The van der Waals surface area contributed by atoms with Crippen molar-refractivity contribution >= 4 is 0 Å². The van der Waals surface area contributed by atoms with Crippen molar-refractivity contribution in [1.82, 2.24) is 9.78 Å². The Kier molecular flexibility index (Phi) is 3.23. The number of halogens is 2. The summed E-state index contributed by atoms with van der Waals surface area (Å²) in [6, 6.07) is 5.97. The molecule has 1 atom stereocenters. The van der Waals surface area contributed by atoms with E-state index in [1.165, 1.54) is 6.07 Å². The Morgan fingerprint density at radius 3 is 2.95 bits per heavy atom. The van der Waals surface area contributed by atoms with Gasteiger partial charge in [0.2, 0.25) is 0 Å². The molecule has 1 aromatic carbocycles. The maximum absolute atomic E-state index is 13.3. The Balaban J connectivity index is 2.04. The summed E-state index contributed by atoms with van der Waals surface area (Å²) < 4.78 is 28.0. The van der Waals surface area contributed by atoms with Crippen LogP contribution in [0.3, 0.4) is 0 Å². The Labute approximate surface area is 115 Å². The average Bonchev–Trinajstić information content (AvgIpc) is 2.87. The maximum atomic E-state index is 13.3. The number of hydrogen-bond donors (Lipinski definition) is 0. The van der Waals surface area contributed by atoms with Crippen LogP contribution in [0.4, 0.5) is 8.78 Å². The predicted molar refractivity (Wildman–Crippen MR) is 69.4 cm³/mol. The van der Waals surface area contributed by atoms with Crippen LogP contribution in [0.15, 0.2) is 24.4 Å². The van der Waals surface area contributed by atoms with Crippen LogP contribution in [0.25, 0.3) is 5.69 Å². The van der Waals surface area contributed by atoms with Gasteiger partial charge in [-0.2, -0.15) is 10.4 Å². The van der Waals surface area contributed by atoms with Crippen molar-refractivity contribution < 1.29 is 8.78 Å². The second-order valence-corrected chi connectivity index (χ2v) is 5.01. The molecule has 1 aliphatic rings. The first kappa shape index (κ1) is 12.8. The first-order chi connectivity index (χ1) is 9.70. The third-order valence-electron chi connectivity index (χ3n) is 3.79. The summed E-state index contributed by atoms with van der Waals surface area (Å²) >= 11 is 0. The molecule has 0 aliphatic heterocycles. The summed E-state index contributed by atoms with van der Waals surface area (Å²) in [4.78, 5) is 0. The van der Waals surface area contributed by atoms with Crippen molar-refractivity contribution in [2.45, 2.75) is 31.6 Å². The van der Waals surface area contributed by atoms with Crippen LogP contribution in [0, 0.1) is 23.0 Å². The van der Waals surface area contributed by atoms with Crippen LogP contribution >= 0.6 is 0 Å². The molecule has 0 spiro atoms. The van der Waals surface area contributed by atoms with Crippen LogP contribution in [-0.4, -0.2) is 9.78 Å². The maximum Gasteiger partial charge on any atom is 0.160 e. The van der Waals surface area contributed by atoms with Gasteiger partial charge in [0.15, 0.2) is 11.6 Å². The van der Waals surface area contributed by atoms with E-state index in [0.717, 1.165) is 42.7 Å². The van der Waals surface area contributed by atoms with Gasteiger partial charge in [0.05, 0.1) is 18.0 Å². The molecule has 0 bridgehead atoms. The van der Waals surface area contributed by atoms with E-state index in [0.29, 0.717) is 12.1 Å². The largest absolute Gasteiger partial charge is 0.237 e. The molecule has 20 heavy (non-hydrogen) atoms. The van der Waals surface area contributed by atoms with Gasteiger partial charge in [0, 0.05) is 24.1 Å². The molecule has 1 aliphatic carbocycles. The van der Waals surface area contributed by atoms with Crippen LogP contribution in [0.1, 0.15) is 36.4 Å². The van der Waals surface area contributed by atoms with E-state index in [9.17, 15) is 8.78 Å². The van der Waals surface area contributed by atoms with Gasteiger partial charge in [-0.1, -0.05) is 0 Å². The van der Waals surface area contributed by atoms with Crippen molar-refractivity contribution in [3.05, 3.63) is 47.3 Å². The number of fused-ring (bicyclic) bond motifs is 1. The molecular weight excluding hydrogens is 260 g/mol. The topological polar surface area (TPSA) is 41.6 Å². The van der Waals surface area contributed by atoms with Crippen LogP contribution in [0.5, 0.6) is 0 Å². The van der Waals surface area contributed by atoms with Crippen molar-refractivity contribution in [3.63, 3.8) is 0 Å². The molecule has 5 heteroatoms. The lowest BCUT2D eigenvalue weighted by Gasteiger charge is -2.21. The highest BCUT2D eigenvalue weighted by atomic mass is 19.2. The summed E-state index contributed by atoms with van der Waals surface area (Å²) in [5.74, 6) is -1.55. The fraction of sp³-hybridized carbons (Fsp3) is 0.333. The number of benzene rings is 1. The molecule has 0 radical (unpaired) electrons. The SMILES string of the molecule is N#CCC1CCCc2c1cnn2-c1ccc(F)c(F)c1. The Morgan fingerprint density at radius 1 is 1.35 bits per heavy atom. The minimum absolute atomic E-state index is 0.197. The number of aromatic nitrogens is 2. The fourth-order valence-corrected chi connectivity index (χ4v) is 2.81. The second kappa shape index (κ2) is 5.04. The molecule has 0 saturated heterocycles. The zero-order valence-corrected chi connectivity index (χ0v) is 10.8. The van der Waals surface area contributed by atoms with Gasteiger partial charge in [-0.05, 0) is 37.0 Å². The number of nitrogens with zero attached hydrogens (tertiary/aromatic N) is 3. The molecule has 3 nitrogen and oxygen atoms in total. The van der Waals surface area contributed by atoms with Crippen LogP contribution in [-0.2, 0) is 6.42 Å². The fourth-order valence-electron chi connectivity index (χ4n) is 2.81. The molecule has 0 fully saturated rings. The lowest BCUT2D eigenvalue weighted by atomic mass is 9.85. The van der Waals surface area contributed by atoms with E-state index >= 15 is 0 Å². The Bertz CT molecular complexity index is 685. The van der Waals surface area contributed by atoms with Gasteiger partial charge >= 0.3 is 0 Å². The normalized spacial score (nSPS) is 17.6. The Hall–Kier alpha value is -2.22. The molecule has 0 saturated carbocycles. The molecule has 102 valence electrons. The van der Waals surface area contributed by atoms with Crippen molar-refractivity contribution in [2.75, 3.05) is 0 Å². The minimum atomic E-state index is -0.879. The van der Waals surface area contributed by atoms with Gasteiger partial charge in [-0.25, -0.2) is 13.5 Å². The monoisotopic (exact) mass is 273 g/mol. The lowest BCUT2D eigenvalue weighted by Crippen LogP contribution is -2.12. The van der Waals surface area contributed by atoms with Crippen LogP contribution < -0.4 is 0 Å². The molecule has 1 heterocycles. The third kappa shape index (κ3) is 2.07. The van der Waals surface area contributed by atoms with E-state index in [2.05, 4.69) is 11.2 Å². The molecular formula is C15H13F2N3. The Morgan fingerprint density at radius 2 is 2.20 bits per heavy atom. The van der Waals surface area contributed by atoms with E-state index in [-0.39, 0.29) is 5.92 Å². The molecule has 0 N–H and O–H groups in total. The highest BCUT2D eigenvalue weighted by molar-refractivity contribution is 5.38. The zero-order valence-electron chi connectivity index (χ0n) is 10.8. The first-order valence-electron chi connectivity index (χ1n) is 6.60. The lowest BCUT2D eigenvalue weighted by molar-refractivity contribution is 0.506. The highest BCUT2D eigenvalue weighted by Gasteiger charge is 2.24. The summed E-state index contributed by atoms with van der Waals surface area (Å²) in [5.41, 5.74) is 2.58. The van der Waals surface area contributed by atoms with Gasteiger partial charge in [0.25, 0.3) is 0 Å². The smallest absolute Gasteiger partial charge is 0.160 e. The quantitative estimate of drug-likeness (QED) is 0.840. The highest BCUT2D eigenvalue weighted by Crippen LogP contribution is 2.34. The second-order valence-electron chi connectivity index (χ2n) is 5.01. The van der Waals surface area contributed by atoms with E-state index in [1.54, 1.807) is 10.9 Å². The molecule has 1 unspecified atom stereocenters.